The first-order valence-electron chi connectivity index (χ1n) is 7.40. The summed E-state index contributed by atoms with van der Waals surface area (Å²) in [7, 11) is 0. The van der Waals surface area contributed by atoms with Gasteiger partial charge >= 0.3 is 0 Å². The molecule has 0 aliphatic carbocycles. The summed E-state index contributed by atoms with van der Waals surface area (Å²) in [6.45, 7) is 5.46. The number of hydrogen-bond donors (Lipinski definition) is 1. The predicted octanol–water partition coefficient (Wildman–Crippen LogP) is 1.96. The van der Waals surface area contributed by atoms with E-state index in [4.69, 9.17) is 4.42 Å². The Labute approximate surface area is 123 Å². The molecular formula is C15H20N4O2. The van der Waals surface area contributed by atoms with E-state index < -0.39 is 0 Å². The number of anilines is 1. The van der Waals surface area contributed by atoms with E-state index in [0.29, 0.717) is 23.8 Å². The molecule has 6 nitrogen and oxygen atoms in total. The second-order valence-electron chi connectivity index (χ2n) is 5.77. The molecule has 2 aromatic heterocycles. The fourth-order valence-corrected chi connectivity index (χ4v) is 2.66. The van der Waals surface area contributed by atoms with E-state index in [2.05, 4.69) is 15.3 Å². The molecule has 0 spiro atoms. The predicted molar refractivity (Wildman–Crippen MR) is 80.0 cm³/mol. The van der Waals surface area contributed by atoms with Gasteiger partial charge in [0.05, 0.1) is 5.92 Å². The summed E-state index contributed by atoms with van der Waals surface area (Å²) in [5.41, 5.74) is 1.29. The molecular weight excluding hydrogens is 268 g/mol. The average Bonchev–Trinajstić information content (AvgIpc) is 2.90. The quantitative estimate of drug-likeness (QED) is 0.935. The van der Waals surface area contributed by atoms with Crippen molar-refractivity contribution < 1.29 is 9.21 Å². The zero-order valence-corrected chi connectivity index (χ0v) is 12.4. The van der Waals surface area contributed by atoms with Crippen LogP contribution in [0.5, 0.6) is 0 Å². The number of fused-ring (bicyclic) bond motifs is 1. The van der Waals surface area contributed by atoms with Gasteiger partial charge in [-0.15, -0.1) is 0 Å². The van der Waals surface area contributed by atoms with Crippen molar-refractivity contribution in [3.8, 4) is 0 Å². The zero-order chi connectivity index (χ0) is 14.8. The van der Waals surface area contributed by atoms with Gasteiger partial charge in [0.1, 0.15) is 0 Å². The number of nitrogens with zero attached hydrogens (tertiary/aromatic N) is 3. The first kappa shape index (κ1) is 13.9. The summed E-state index contributed by atoms with van der Waals surface area (Å²) < 4.78 is 5.74. The van der Waals surface area contributed by atoms with Crippen LogP contribution in [0, 0.1) is 5.92 Å². The fraction of sp³-hybridized carbons (Fsp3) is 0.533. The van der Waals surface area contributed by atoms with Crippen LogP contribution >= 0.6 is 0 Å². The van der Waals surface area contributed by atoms with E-state index in [1.54, 1.807) is 6.20 Å². The van der Waals surface area contributed by atoms with Gasteiger partial charge < -0.3 is 14.6 Å². The Morgan fingerprint density at radius 3 is 3.14 bits per heavy atom. The minimum Gasteiger partial charge on any atom is -0.422 e. The van der Waals surface area contributed by atoms with Crippen LogP contribution in [0.2, 0.25) is 0 Å². The lowest BCUT2D eigenvalue weighted by atomic mass is 9.97. The molecule has 3 heterocycles. The maximum Gasteiger partial charge on any atom is 0.299 e. The standard InChI is InChI=1S/C15H20N4O2/c1-10(2)17-14(20)11-5-4-8-19(9-11)15-18-13-12(21-15)6-3-7-16-13/h3,6-7,10-11H,4-5,8-9H2,1-2H3,(H,17,20). The van der Waals surface area contributed by atoms with Gasteiger partial charge in [0.15, 0.2) is 5.58 Å². The number of aromatic nitrogens is 2. The Balaban J connectivity index is 1.74. The van der Waals surface area contributed by atoms with Crippen LogP contribution in [-0.4, -0.2) is 35.0 Å². The molecule has 112 valence electrons. The highest BCUT2D eigenvalue weighted by molar-refractivity contribution is 5.79. The van der Waals surface area contributed by atoms with Gasteiger partial charge in [-0.3, -0.25) is 4.79 Å². The summed E-state index contributed by atoms with van der Waals surface area (Å²) in [6, 6.07) is 4.41. The van der Waals surface area contributed by atoms with Gasteiger partial charge in [0, 0.05) is 25.3 Å². The van der Waals surface area contributed by atoms with Gasteiger partial charge in [0.2, 0.25) is 11.6 Å². The maximum absolute atomic E-state index is 12.2. The van der Waals surface area contributed by atoms with E-state index in [0.717, 1.165) is 19.4 Å². The average molecular weight is 288 g/mol. The molecule has 0 saturated carbocycles. The first-order valence-corrected chi connectivity index (χ1v) is 7.40. The van der Waals surface area contributed by atoms with Crippen LogP contribution in [0.25, 0.3) is 11.2 Å². The summed E-state index contributed by atoms with van der Waals surface area (Å²) in [6.07, 6.45) is 3.57. The second-order valence-corrected chi connectivity index (χ2v) is 5.77. The lowest BCUT2D eigenvalue weighted by Crippen LogP contribution is -2.44. The van der Waals surface area contributed by atoms with Crippen LogP contribution in [0.3, 0.4) is 0 Å². The molecule has 1 amide bonds. The molecule has 1 aliphatic heterocycles. The first-order chi connectivity index (χ1) is 10.1. The Morgan fingerprint density at radius 1 is 1.52 bits per heavy atom. The van der Waals surface area contributed by atoms with Crippen molar-refractivity contribution in [2.24, 2.45) is 5.92 Å². The third kappa shape index (κ3) is 2.99. The van der Waals surface area contributed by atoms with Crippen molar-refractivity contribution in [1.82, 2.24) is 15.3 Å². The highest BCUT2D eigenvalue weighted by Gasteiger charge is 2.28. The zero-order valence-electron chi connectivity index (χ0n) is 12.4. The van der Waals surface area contributed by atoms with Crippen molar-refractivity contribution in [3.05, 3.63) is 18.3 Å². The summed E-state index contributed by atoms with van der Waals surface area (Å²) in [5.74, 6) is 0.105. The highest BCUT2D eigenvalue weighted by Crippen LogP contribution is 2.25. The topological polar surface area (TPSA) is 71.3 Å². The van der Waals surface area contributed by atoms with Gasteiger partial charge in [-0.05, 0) is 38.8 Å². The number of amides is 1. The third-order valence-corrected chi connectivity index (χ3v) is 3.65. The molecule has 1 fully saturated rings. The van der Waals surface area contributed by atoms with Gasteiger partial charge in [-0.1, -0.05) is 0 Å². The van der Waals surface area contributed by atoms with Crippen molar-refractivity contribution >= 4 is 23.2 Å². The van der Waals surface area contributed by atoms with Gasteiger partial charge in [0.25, 0.3) is 6.01 Å². The minimum absolute atomic E-state index is 0.0101. The maximum atomic E-state index is 12.2. The normalized spacial score (nSPS) is 19.2. The van der Waals surface area contributed by atoms with Crippen molar-refractivity contribution in [1.29, 1.82) is 0 Å². The van der Waals surface area contributed by atoms with Crippen LogP contribution in [0.1, 0.15) is 26.7 Å². The molecule has 1 atom stereocenters. The fourth-order valence-electron chi connectivity index (χ4n) is 2.66. The summed E-state index contributed by atoms with van der Waals surface area (Å²) >= 11 is 0. The lowest BCUT2D eigenvalue weighted by molar-refractivity contribution is -0.125. The van der Waals surface area contributed by atoms with E-state index in [1.165, 1.54) is 0 Å². The van der Waals surface area contributed by atoms with Crippen molar-refractivity contribution in [2.75, 3.05) is 18.0 Å². The number of carbonyl (C=O) groups is 1. The number of pyridine rings is 1. The second kappa shape index (κ2) is 5.71. The minimum atomic E-state index is -0.0101. The molecule has 0 aromatic carbocycles. The number of piperidine rings is 1. The molecule has 0 radical (unpaired) electrons. The van der Waals surface area contributed by atoms with E-state index >= 15 is 0 Å². The van der Waals surface area contributed by atoms with Crippen LogP contribution in [-0.2, 0) is 4.79 Å². The summed E-state index contributed by atoms with van der Waals surface area (Å²) in [5, 5.41) is 2.98. The van der Waals surface area contributed by atoms with Crippen molar-refractivity contribution in [3.63, 3.8) is 0 Å². The smallest absolute Gasteiger partial charge is 0.299 e. The molecule has 21 heavy (non-hydrogen) atoms. The van der Waals surface area contributed by atoms with Crippen LogP contribution in [0.15, 0.2) is 22.7 Å². The van der Waals surface area contributed by atoms with Gasteiger partial charge in [-0.2, -0.15) is 4.98 Å². The molecule has 3 rings (SSSR count). The number of carbonyl (C=O) groups excluding carboxylic acids is 1. The molecule has 0 bridgehead atoms. The van der Waals surface area contributed by atoms with Gasteiger partial charge in [-0.25, -0.2) is 4.98 Å². The Bertz CT molecular complexity index is 604. The van der Waals surface area contributed by atoms with E-state index in [9.17, 15) is 4.79 Å². The molecule has 6 heteroatoms. The van der Waals surface area contributed by atoms with E-state index in [-0.39, 0.29) is 17.9 Å². The number of nitrogens with one attached hydrogen (secondary N) is 1. The van der Waals surface area contributed by atoms with E-state index in [1.807, 2.05) is 30.9 Å². The Kier molecular flexibility index (Phi) is 3.77. The molecule has 1 aliphatic rings. The number of hydrogen-bond acceptors (Lipinski definition) is 5. The lowest BCUT2D eigenvalue weighted by Gasteiger charge is -2.31. The Morgan fingerprint density at radius 2 is 2.38 bits per heavy atom. The van der Waals surface area contributed by atoms with Crippen LogP contribution in [0.4, 0.5) is 6.01 Å². The molecule has 2 aromatic rings. The Hall–Kier alpha value is -2.11. The molecule has 1 unspecified atom stereocenters. The number of rotatable bonds is 3. The molecule has 1 N–H and O–H groups in total. The summed E-state index contributed by atoms with van der Waals surface area (Å²) in [4.78, 5) is 22.8. The SMILES string of the molecule is CC(C)NC(=O)C1CCCN(c2nc3ncccc3o2)C1. The third-order valence-electron chi connectivity index (χ3n) is 3.65. The monoisotopic (exact) mass is 288 g/mol. The highest BCUT2D eigenvalue weighted by atomic mass is 16.4. The molecule has 1 saturated heterocycles. The van der Waals surface area contributed by atoms with Crippen molar-refractivity contribution in [2.45, 2.75) is 32.7 Å². The van der Waals surface area contributed by atoms with Crippen LogP contribution < -0.4 is 10.2 Å². The number of oxazole rings is 1. The largest absolute Gasteiger partial charge is 0.422 e.